The van der Waals surface area contributed by atoms with Gasteiger partial charge >= 0.3 is 0 Å². The molecule has 74 valence electrons. The van der Waals surface area contributed by atoms with Crippen LogP contribution in [-0.4, -0.2) is 29.2 Å². The molecule has 1 unspecified atom stereocenters. The zero-order valence-corrected chi connectivity index (χ0v) is 8.77. The summed E-state index contributed by atoms with van der Waals surface area (Å²) >= 11 is 1.41. The Balaban J connectivity index is 3.93. The number of amidine groups is 1. The van der Waals surface area contributed by atoms with Gasteiger partial charge in [0, 0.05) is 6.61 Å². The lowest BCUT2D eigenvalue weighted by Gasteiger charge is -2.06. The molecule has 4 nitrogen and oxygen atoms in total. The zero-order valence-electron chi connectivity index (χ0n) is 7.95. The van der Waals surface area contributed by atoms with Gasteiger partial charge in [-0.15, -0.1) is 0 Å². The molecule has 0 aromatic heterocycles. The van der Waals surface area contributed by atoms with E-state index in [1.807, 2.05) is 19.4 Å². The topological polar surface area (TPSA) is 68.4 Å². The fourth-order valence-corrected chi connectivity index (χ4v) is 1.27. The highest BCUT2D eigenvalue weighted by atomic mass is 32.2. The first-order valence-electron chi connectivity index (χ1n) is 4.12. The molecule has 0 aromatic rings. The van der Waals surface area contributed by atoms with Crippen molar-refractivity contribution in [1.82, 2.24) is 5.32 Å². The number of nitrogens with one attached hydrogen (secondary N) is 1. The molecule has 0 bridgehead atoms. The Hall–Kier alpha value is -0.730. The van der Waals surface area contributed by atoms with Crippen molar-refractivity contribution < 1.29 is 5.11 Å². The summed E-state index contributed by atoms with van der Waals surface area (Å²) in [6.07, 6.45) is 5.28. The number of aliphatic hydroxyl groups excluding tert-OH is 1. The molecular formula is C8H15N3OS. The van der Waals surface area contributed by atoms with E-state index < -0.39 is 0 Å². The summed E-state index contributed by atoms with van der Waals surface area (Å²) in [4.78, 5) is 4.26. The number of nitriles is 1. The zero-order chi connectivity index (χ0) is 10.1. The number of nitrogens with zero attached hydrogens (tertiary/aromatic N) is 2. The van der Waals surface area contributed by atoms with Crippen molar-refractivity contribution in [1.29, 1.82) is 5.26 Å². The second kappa shape index (κ2) is 7.90. The lowest BCUT2D eigenvalue weighted by molar-refractivity contribution is 0.281. The minimum atomic E-state index is 0.149. The Morgan fingerprint density at radius 2 is 2.46 bits per heavy atom. The molecule has 5 heteroatoms. The Labute approximate surface area is 83.0 Å². The minimum Gasteiger partial charge on any atom is -0.396 e. The number of thioether (sulfide) groups is 1. The molecule has 0 aromatic carbocycles. The molecular weight excluding hydrogens is 186 g/mol. The Morgan fingerprint density at radius 3 is 2.92 bits per heavy atom. The quantitative estimate of drug-likeness (QED) is 0.307. The molecule has 0 heterocycles. The average molecular weight is 201 g/mol. The summed E-state index contributed by atoms with van der Waals surface area (Å²) in [7, 11) is 0. The van der Waals surface area contributed by atoms with Crippen molar-refractivity contribution in [2.24, 2.45) is 4.99 Å². The van der Waals surface area contributed by atoms with Crippen molar-refractivity contribution in [3.63, 3.8) is 0 Å². The maximum absolute atomic E-state index is 8.59. The Bertz CT molecular complexity index is 200. The smallest absolute Gasteiger partial charge is 0.183 e. The maximum Gasteiger partial charge on any atom is 0.183 e. The molecule has 0 spiro atoms. The first-order valence-corrected chi connectivity index (χ1v) is 5.34. The highest BCUT2D eigenvalue weighted by molar-refractivity contribution is 8.13. The summed E-state index contributed by atoms with van der Waals surface area (Å²) in [5, 5.41) is 20.1. The SMILES string of the molecule is CSC(=NC(C)CCCO)NC#N. The van der Waals surface area contributed by atoms with Crippen LogP contribution in [0.3, 0.4) is 0 Å². The van der Waals surface area contributed by atoms with Crippen LogP contribution in [0.4, 0.5) is 0 Å². The number of hydrogen-bond donors (Lipinski definition) is 2. The highest BCUT2D eigenvalue weighted by Crippen LogP contribution is 2.04. The minimum absolute atomic E-state index is 0.149. The van der Waals surface area contributed by atoms with Gasteiger partial charge in [-0.1, -0.05) is 11.8 Å². The van der Waals surface area contributed by atoms with Crippen LogP contribution in [0.15, 0.2) is 4.99 Å². The van der Waals surface area contributed by atoms with Gasteiger partial charge in [0.05, 0.1) is 6.04 Å². The van der Waals surface area contributed by atoms with Gasteiger partial charge in [-0.3, -0.25) is 10.3 Å². The predicted octanol–water partition coefficient (Wildman–Crippen LogP) is 0.937. The van der Waals surface area contributed by atoms with Gasteiger partial charge in [-0.25, -0.2) is 0 Å². The summed E-state index contributed by atoms with van der Waals surface area (Å²) in [5.41, 5.74) is 0. The molecule has 0 aliphatic rings. The Morgan fingerprint density at radius 1 is 1.77 bits per heavy atom. The van der Waals surface area contributed by atoms with Gasteiger partial charge in [0.15, 0.2) is 11.4 Å². The summed E-state index contributed by atoms with van der Waals surface area (Å²) in [6.45, 7) is 2.16. The third kappa shape index (κ3) is 6.43. The normalized spacial score (nSPS) is 13.5. The predicted molar refractivity (Wildman–Crippen MR) is 55.5 cm³/mol. The molecule has 0 amide bonds. The summed E-state index contributed by atoms with van der Waals surface area (Å²) < 4.78 is 0. The molecule has 0 saturated carbocycles. The summed E-state index contributed by atoms with van der Waals surface area (Å²) in [5.74, 6) is 0. The number of rotatable bonds is 4. The van der Waals surface area contributed by atoms with E-state index in [1.54, 1.807) is 0 Å². The lowest BCUT2D eigenvalue weighted by atomic mass is 10.2. The third-order valence-electron chi connectivity index (χ3n) is 1.47. The van der Waals surface area contributed by atoms with Gasteiger partial charge in [-0.05, 0) is 26.0 Å². The van der Waals surface area contributed by atoms with E-state index >= 15 is 0 Å². The third-order valence-corrected chi connectivity index (χ3v) is 2.07. The van der Waals surface area contributed by atoms with Crippen LogP contribution in [0.1, 0.15) is 19.8 Å². The van der Waals surface area contributed by atoms with Crippen LogP contribution < -0.4 is 5.32 Å². The van der Waals surface area contributed by atoms with Crippen LogP contribution in [0.2, 0.25) is 0 Å². The van der Waals surface area contributed by atoms with E-state index in [4.69, 9.17) is 10.4 Å². The van der Waals surface area contributed by atoms with Crippen LogP contribution in [-0.2, 0) is 0 Å². The van der Waals surface area contributed by atoms with E-state index in [-0.39, 0.29) is 12.6 Å². The van der Waals surface area contributed by atoms with Gasteiger partial charge < -0.3 is 5.11 Å². The van der Waals surface area contributed by atoms with Crippen LogP contribution in [0.5, 0.6) is 0 Å². The molecule has 0 saturated heterocycles. The number of aliphatic hydroxyl groups is 1. The van der Waals surface area contributed by atoms with E-state index in [0.717, 1.165) is 12.8 Å². The van der Waals surface area contributed by atoms with Crippen molar-refractivity contribution in [3.8, 4) is 6.19 Å². The molecule has 13 heavy (non-hydrogen) atoms. The largest absolute Gasteiger partial charge is 0.396 e. The lowest BCUT2D eigenvalue weighted by Crippen LogP contribution is -2.16. The first kappa shape index (κ1) is 12.3. The van der Waals surface area contributed by atoms with Gasteiger partial charge in [-0.2, -0.15) is 5.26 Å². The van der Waals surface area contributed by atoms with E-state index in [2.05, 4.69) is 10.3 Å². The first-order chi connectivity index (χ1) is 6.24. The van der Waals surface area contributed by atoms with E-state index in [0.29, 0.717) is 5.17 Å². The molecule has 1 atom stereocenters. The summed E-state index contributed by atoms with van der Waals surface area (Å²) in [6, 6.07) is 0.149. The average Bonchev–Trinajstić information content (AvgIpc) is 2.14. The number of aliphatic imine (C=N–C) groups is 1. The van der Waals surface area contributed by atoms with Crippen molar-refractivity contribution in [2.45, 2.75) is 25.8 Å². The van der Waals surface area contributed by atoms with E-state index in [1.165, 1.54) is 11.8 Å². The standard InChI is InChI=1S/C8H15N3OS/c1-7(4-3-5-12)11-8(13-2)10-6-9/h7,12H,3-5H2,1-2H3,(H,10,11). The monoisotopic (exact) mass is 201 g/mol. The Kier molecular flexibility index (Phi) is 7.45. The molecule has 2 N–H and O–H groups in total. The second-order valence-corrected chi connectivity index (χ2v) is 3.38. The van der Waals surface area contributed by atoms with Crippen molar-refractivity contribution >= 4 is 16.9 Å². The molecule has 0 aliphatic carbocycles. The second-order valence-electron chi connectivity index (χ2n) is 2.59. The van der Waals surface area contributed by atoms with Crippen molar-refractivity contribution in [2.75, 3.05) is 12.9 Å². The highest BCUT2D eigenvalue weighted by Gasteiger charge is 2.01. The molecule has 0 rings (SSSR count). The van der Waals surface area contributed by atoms with E-state index in [9.17, 15) is 0 Å². The van der Waals surface area contributed by atoms with Gasteiger partial charge in [0.2, 0.25) is 0 Å². The van der Waals surface area contributed by atoms with Gasteiger partial charge in [0.25, 0.3) is 0 Å². The van der Waals surface area contributed by atoms with Crippen molar-refractivity contribution in [3.05, 3.63) is 0 Å². The number of hydrogen-bond acceptors (Lipinski definition) is 4. The van der Waals surface area contributed by atoms with Gasteiger partial charge in [0.1, 0.15) is 0 Å². The maximum atomic E-state index is 8.59. The van der Waals surface area contributed by atoms with Crippen LogP contribution in [0, 0.1) is 11.5 Å². The molecule has 0 aliphatic heterocycles. The molecule has 0 fully saturated rings. The fraction of sp³-hybridized carbons (Fsp3) is 0.750. The fourth-order valence-electron chi connectivity index (χ4n) is 0.835. The van der Waals surface area contributed by atoms with Crippen LogP contribution in [0.25, 0.3) is 0 Å². The van der Waals surface area contributed by atoms with Crippen LogP contribution >= 0.6 is 11.8 Å². The molecule has 0 radical (unpaired) electrons.